The number of thioether (sulfide) groups is 2. The SMILES string of the molecule is COC(=O)CSCc1nc2cc3ccccc3cc2nc1C(SC)C(=O)OC. The summed E-state index contributed by atoms with van der Waals surface area (Å²) in [6.45, 7) is 0. The van der Waals surface area contributed by atoms with Crippen molar-refractivity contribution in [3.63, 3.8) is 0 Å². The van der Waals surface area contributed by atoms with Crippen LogP contribution in [-0.2, 0) is 24.8 Å². The fraction of sp³-hybridized carbons (Fsp3) is 0.300. The number of ether oxygens (including phenoxy) is 2. The van der Waals surface area contributed by atoms with Gasteiger partial charge in [0.25, 0.3) is 0 Å². The van der Waals surface area contributed by atoms with Gasteiger partial charge >= 0.3 is 11.9 Å². The second-order valence-electron chi connectivity index (χ2n) is 5.95. The molecule has 1 atom stereocenters. The van der Waals surface area contributed by atoms with Crippen molar-refractivity contribution in [1.82, 2.24) is 9.97 Å². The lowest BCUT2D eigenvalue weighted by atomic mass is 10.1. The summed E-state index contributed by atoms with van der Waals surface area (Å²) in [5, 5.41) is 1.54. The van der Waals surface area contributed by atoms with E-state index in [-0.39, 0.29) is 17.7 Å². The second kappa shape index (κ2) is 9.25. The third-order valence-corrected chi connectivity index (χ3v) is 6.03. The molecule has 0 radical (unpaired) electrons. The molecule has 0 aliphatic rings. The Bertz CT molecular complexity index is 1030. The first kappa shape index (κ1) is 20.4. The molecule has 28 heavy (non-hydrogen) atoms. The molecule has 0 aliphatic heterocycles. The predicted octanol–water partition coefficient (Wildman–Crippen LogP) is 3.77. The van der Waals surface area contributed by atoms with Gasteiger partial charge in [-0.3, -0.25) is 9.59 Å². The number of hydrogen-bond donors (Lipinski definition) is 0. The van der Waals surface area contributed by atoms with E-state index >= 15 is 0 Å². The summed E-state index contributed by atoms with van der Waals surface area (Å²) >= 11 is 2.72. The molecule has 6 nitrogen and oxygen atoms in total. The molecule has 0 amide bonds. The fourth-order valence-corrected chi connectivity index (χ4v) is 4.32. The van der Waals surface area contributed by atoms with Gasteiger partial charge in [0.2, 0.25) is 0 Å². The zero-order chi connectivity index (χ0) is 20.1. The van der Waals surface area contributed by atoms with Crippen LogP contribution in [0.2, 0.25) is 0 Å². The second-order valence-corrected chi connectivity index (χ2v) is 7.88. The molecule has 0 spiro atoms. The molecule has 1 aromatic heterocycles. The van der Waals surface area contributed by atoms with Crippen LogP contribution in [0.4, 0.5) is 0 Å². The summed E-state index contributed by atoms with van der Waals surface area (Å²) in [5.74, 6) is -0.0362. The van der Waals surface area contributed by atoms with Crippen LogP contribution in [0.1, 0.15) is 16.6 Å². The highest BCUT2D eigenvalue weighted by Crippen LogP contribution is 2.32. The number of fused-ring (bicyclic) bond motifs is 2. The van der Waals surface area contributed by atoms with Gasteiger partial charge in [-0.15, -0.1) is 23.5 Å². The van der Waals surface area contributed by atoms with Crippen molar-refractivity contribution in [2.45, 2.75) is 11.0 Å². The molecule has 146 valence electrons. The standard InChI is InChI=1S/C20H20N2O4S2/c1-25-17(23)11-28-10-16-18(19(27-3)20(24)26-2)22-15-9-13-7-5-4-6-12(13)8-14(15)21-16/h4-9,19H,10-11H2,1-3H3. The van der Waals surface area contributed by atoms with Crippen LogP contribution >= 0.6 is 23.5 Å². The zero-order valence-electron chi connectivity index (χ0n) is 15.8. The van der Waals surface area contributed by atoms with Gasteiger partial charge in [0.05, 0.1) is 42.4 Å². The number of nitrogens with zero attached hydrogens (tertiary/aromatic N) is 2. The highest BCUT2D eigenvalue weighted by atomic mass is 32.2. The summed E-state index contributed by atoms with van der Waals surface area (Å²) in [6.07, 6.45) is 1.83. The molecule has 0 aliphatic carbocycles. The maximum Gasteiger partial charge on any atom is 0.325 e. The van der Waals surface area contributed by atoms with Crippen LogP contribution in [0, 0.1) is 0 Å². The van der Waals surface area contributed by atoms with Gasteiger partial charge in [-0.25, -0.2) is 9.97 Å². The number of benzene rings is 2. The Morgan fingerprint density at radius 2 is 1.68 bits per heavy atom. The number of carbonyl (C=O) groups is 2. The van der Waals surface area contributed by atoms with E-state index < -0.39 is 5.25 Å². The number of hydrogen-bond acceptors (Lipinski definition) is 8. The van der Waals surface area contributed by atoms with E-state index in [0.717, 1.165) is 21.8 Å². The van der Waals surface area contributed by atoms with Crippen LogP contribution in [-0.4, -0.2) is 48.1 Å². The lowest BCUT2D eigenvalue weighted by molar-refractivity contribution is -0.140. The average molecular weight is 417 g/mol. The number of esters is 2. The maximum absolute atomic E-state index is 12.3. The van der Waals surface area contributed by atoms with E-state index in [2.05, 4.69) is 4.74 Å². The van der Waals surface area contributed by atoms with Crippen molar-refractivity contribution in [3.05, 3.63) is 47.8 Å². The molecule has 0 fully saturated rings. The fourth-order valence-electron chi connectivity index (χ4n) is 2.82. The highest BCUT2D eigenvalue weighted by molar-refractivity contribution is 7.99. The number of aromatic nitrogens is 2. The molecule has 0 bridgehead atoms. The van der Waals surface area contributed by atoms with Crippen LogP contribution < -0.4 is 0 Å². The zero-order valence-corrected chi connectivity index (χ0v) is 17.4. The molecule has 1 unspecified atom stereocenters. The summed E-state index contributed by atoms with van der Waals surface area (Å²) < 4.78 is 9.63. The molecule has 0 saturated carbocycles. The Balaban J connectivity index is 2.09. The Morgan fingerprint density at radius 1 is 1.04 bits per heavy atom. The Hall–Kier alpha value is -2.32. The van der Waals surface area contributed by atoms with E-state index in [1.807, 2.05) is 42.7 Å². The number of rotatable bonds is 7. The van der Waals surface area contributed by atoms with E-state index in [9.17, 15) is 9.59 Å². The summed E-state index contributed by atoms with van der Waals surface area (Å²) in [4.78, 5) is 33.3. The lowest BCUT2D eigenvalue weighted by Gasteiger charge is -2.16. The van der Waals surface area contributed by atoms with Gasteiger partial charge in [0, 0.05) is 5.75 Å². The molecule has 3 aromatic rings. The molecular formula is C20H20N2O4S2. The first-order chi connectivity index (χ1) is 13.6. The monoisotopic (exact) mass is 416 g/mol. The molecule has 2 aromatic carbocycles. The lowest BCUT2D eigenvalue weighted by Crippen LogP contribution is -2.16. The van der Waals surface area contributed by atoms with Gasteiger partial charge in [-0.1, -0.05) is 24.3 Å². The minimum absolute atomic E-state index is 0.204. The first-order valence-electron chi connectivity index (χ1n) is 8.52. The minimum atomic E-state index is -0.581. The van der Waals surface area contributed by atoms with Crippen molar-refractivity contribution >= 4 is 57.3 Å². The summed E-state index contributed by atoms with van der Waals surface area (Å²) in [6, 6.07) is 11.9. The van der Waals surface area contributed by atoms with Crippen LogP contribution in [0.5, 0.6) is 0 Å². The van der Waals surface area contributed by atoms with Gasteiger partial charge in [-0.05, 0) is 29.2 Å². The molecule has 1 heterocycles. The van der Waals surface area contributed by atoms with Crippen LogP contribution in [0.3, 0.4) is 0 Å². The number of carbonyl (C=O) groups excluding carboxylic acids is 2. The predicted molar refractivity (Wildman–Crippen MR) is 113 cm³/mol. The van der Waals surface area contributed by atoms with Crippen LogP contribution in [0.15, 0.2) is 36.4 Å². The number of methoxy groups -OCH3 is 2. The summed E-state index contributed by atoms with van der Waals surface area (Å²) in [5.41, 5.74) is 2.71. The quantitative estimate of drug-likeness (QED) is 0.425. The van der Waals surface area contributed by atoms with Gasteiger partial charge in [0.15, 0.2) is 0 Å². The highest BCUT2D eigenvalue weighted by Gasteiger charge is 2.26. The summed E-state index contributed by atoms with van der Waals surface area (Å²) in [7, 11) is 2.72. The minimum Gasteiger partial charge on any atom is -0.468 e. The largest absolute Gasteiger partial charge is 0.468 e. The third kappa shape index (κ3) is 4.39. The van der Waals surface area contributed by atoms with E-state index in [1.165, 1.54) is 37.7 Å². The van der Waals surface area contributed by atoms with E-state index in [1.54, 1.807) is 0 Å². The van der Waals surface area contributed by atoms with Crippen molar-refractivity contribution < 1.29 is 19.1 Å². The van der Waals surface area contributed by atoms with Gasteiger partial charge in [0.1, 0.15) is 5.25 Å². The van der Waals surface area contributed by atoms with Crippen molar-refractivity contribution in [1.29, 1.82) is 0 Å². The average Bonchev–Trinajstić information content (AvgIpc) is 2.72. The van der Waals surface area contributed by atoms with E-state index in [0.29, 0.717) is 17.1 Å². The molecule has 8 heteroatoms. The first-order valence-corrected chi connectivity index (χ1v) is 11.0. The van der Waals surface area contributed by atoms with Crippen molar-refractivity contribution in [2.24, 2.45) is 0 Å². The third-order valence-electron chi connectivity index (χ3n) is 4.22. The Morgan fingerprint density at radius 3 is 2.25 bits per heavy atom. The van der Waals surface area contributed by atoms with Crippen molar-refractivity contribution in [3.8, 4) is 0 Å². The molecule has 0 saturated heterocycles. The Kier molecular flexibility index (Phi) is 6.74. The van der Waals surface area contributed by atoms with Gasteiger partial charge < -0.3 is 9.47 Å². The molecular weight excluding hydrogens is 396 g/mol. The molecule has 3 rings (SSSR count). The smallest absolute Gasteiger partial charge is 0.325 e. The Labute approximate surface area is 171 Å². The maximum atomic E-state index is 12.3. The molecule has 0 N–H and O–H groups in total. The van der Waals surface area contributed by atoms with Crippen LogP contribution in [0.25, 0.3) is 21.8 Å². The van der Waals surface area contributed by atoms with Gasteiger partial charge in [-0.2, -0.15) is 0 Å². The van der Waals surface area contributed by atoms with Crippen molar-refractivity contribution in [2.75, 3.05) is 26.2 Å². The van der Waals surface area contributed by atoms with E-state index in [4.69, 9.17) is 14.7 Å². The normalized spacial score (nSPS) is 12.1. The topological polar surface area (TPSA) is 78.4 Å².